The lowest BCUT2D eigenvalue weighted by molar-refractivity contribution is -0.386. The van der Waals surface area contributed by atoms with Crippen LogP contribution in [0.5, 0.6) is 5.75 Å². The van der Waals surface area contributed by atoms with Gasteiger partial charge < -0.3 is 15.2 Å². The predicted octanol–water partition coefficient (Wildman–Crippen LogP) is 4.02. The van der Waals surface area contributed by atoms with Gasteiger partial charge in [-0.3, -0.25) is 19.7 Å². The number of nitro benzene ring substituents is 1. The monoisotopic (exact) mass is 386 g/mol. The zero-order chi connectivity index (χ0) is 20.8. The highest BCUT2D eigenvalue weighted by molar-refractivity contribution is 6.07. The van der Waals surface area contributed by atoms with Crippen LogP contribution in [0.3, 0.4) is 0 Å². The van der Waals surface area contributed by atoms with Crippen LogP contribution in [0, 0.1) is 30.9 Å². The highest BCUT2D eigenvalue weighted by atomic mass is 16.6. The SMILES string of the molecule is Cc1cc(C)c([N+](=O)[O-])c(C)c1C(=O)Nc1ccc(OCCCC(=O)O)cc1. The Hall–Kier alpha value is -3.42. The molecule has 148 valence electrons. The number of carbonyl (C=O) groups excluding carboxylic acids is 1. The molecule has 0 aromatic heterocycles. The number of hydrogen-bond donors (Lipinski definition) is 2. The van der Waals surface area contributed by atoms with Crippen LogP contribution >= 0.6 is 0 Å². The molecule has 0 radical (unpaired) electrons. The molecule has 8 nitrogen and oxygen atoms in total. The van der Waals surface area contributed by atoms with Gasteiger partial charge in [0.25, 0.3) is 11.6 Å². The van der Waals surface area contributed by atoms with Crippen molar-refractivity contribution in [3.63, 3.8) is 0 Å². The molecule has 0 saturated carbocycles. The van der Waals surface area contributed by atoms with Gasteiger partial charge in [-0.25, -0.2) is 0 Å². The molecule has 0 spiro atoms. The van der Waals surface area contributed by atoms with Crippen LogP contribution in [0.1, 0.15) is 39.9 Å². The zero-order valence-electron chi connectivity index (χ0n) is 15.9. The van der Waals surface area contributed by atoms with E-state index in [0.717, 1.165) is 0 Å². The van der Waals surface area contributed by atoms with Gasteiger partial charge in [-0.05, 0) is 63.1 Å². The molecule has 0 aliphatic rings. The topological polar surface area (TPSA) is 119 Å². The van der Waals surface area contributed by atoms with E-state index in [4.69, 9.17) is 9.84 Å². The van der Waals surface area contributed by atoms with Crippen molar-refractivity contribution in [1.82, 2.24) is 0 Å². The number of hydrogen-bond acceptors (Lipinski definition) is 5. The second-order valence-corrected chi connectivity index (χ2v) is 6.44. The molecule has 2 N–H and O–H groups in total. The average Bonchev–Trinajstić information content (AvgIpc) is 2.59. The minimum absolute atomic E-state index is 0.0372. The lowest BCUT2D eigenvalue weighted by Gasteiger charge is -2.13. The standard InChI is InChI=1S/C20H22N2O6/c1-12-11-13(2)19(22(26)27)14(3)18(12)20(25)21-15-6-8-16(9-7-15)28-10-4-5-17(23)24/h6-9,11H,4-5,10H2,1-3H3,(H,21,25)(H,23,24). The fourth-order valence-corrected chi connectivity index (χ4v) is 3.05. The molecular formula is C20H22N2O6. The van der Waals surface area contributed by atoms with Crippen LogP contribution in [0.15, 0.2) is 30.3 Å². The second-order valence-electron chi connectivity index (χ2n) is 6.44. The van der Waals surface area contributed by atoms with Gasteiger partial charge in [-0.15, -0.1) is 0 Å². The van der Waals surface area contributed by atoms with Crippen molar-refractivity contribution in [1.29, 1.82) is 0 Å². The molecule has 0 aliphatic carbocycles. The number of anilines is 1. The summed E-state index contributed by atoms with van der Waals surface area (Å²) in [5.74, 6) is -0.737. The number of nitrogens with one attached hydrogen (secondary N) is 1. The van der Waals surface area contributed by atoms with Crippen molar-refractivity contribution in [3.05, 3.63) is 62.7 Å². The quantitative estimate of drug-likeness (QED) is 0.402. The molecule has 0 bridgehead atoms. The molecule has 0 aliphatic heterocycles. The average molecular weight is 386 g/mol. The summed E-state index contributed by atoms with van der Waals surface area (Å²) >= 11 is 0. The Labute approximate surface area is 162 Å². The fraction of sp³-hybridized carbons (Fsp3) is 0.300. The third kappa shape index (κ3) is 5.06. The number of nitrogens with zero attached hydrogens (tertiary/aromatic N) is 1. The normalized spacial score (nSPS) is 10.4. The summed E-state index contributed by atoms with van der Waals surface area (Å²) in [6, 6.07) is 8.25. The number of rotatable bonds is 8. The Bertz CT molecular complexity index is 906. The summed E-state index contributed by atoms with van der Waals surface area (Å²) in [6.45, 7) is 5.24. The summed E-state index contributed by atoms with van der Waals surface area (Å²) < 4.78 is 5.44. The lowest BCUT2D eigenvalue weighted by atomic mass is 9.96. The first kappa shape index (κ1) is 20.9. The van der Waals surface area contributed by atoms with Gasteiger partial charge in [0, 0.05) is 23.2 Å². The number of amides is 1. The van der Waals surface area contributed by atoms with Gasteiger partial charge in [0.15, 0.2) is 0 Å². The van der Waals surface area contributed by atoms with Crippen molar-refractivity contribution in [3.8, 4) is 5.75 Å². The van der Waals surface area contributed by atoms with E-state index in [1.54, 1.807) is 51.1 Å². The van der Waals surface area contributed by atoms with E-state index in [2.05, 4.69) is 5.32 Å². The van der Waals surface area contributed by atoms with Crippen molar-refractivity contribution in [2.75, 3.05) is 11.9 Å². The number of carboxylic acid groups (broad SMARTS) is 1. The van der Waals surface area contributed by atoms with E-state index >= 15 is 0 Å². The first-order valence-electron chi connectivity index (χ1n) is 8.72. The highest BCUT2D eigenvalue weighted by Gasteiger charge is 2.23. The van der Waals surface area contributed by atoms with Gasteiger partial charge in [-0.1, -0.05) is 0 Å². The number of carboxylic acids is 1. The maximum absolute atomic E-state index is 12.7. The van der Waals surface area contributed by atoms with E-state index in [0.29, 0.717) is 34.5 Å². The predicted molar refractivity (Wildman–Crippen MR) is 104 cm³/mol. The molecule has 2 rings (SSSR count). The van der Waals surface area contributed by atoms with Crippen LogP contribution < -0.4 is 10.1 Å². The number of ether oxygens (including phenoxy) is 1. The number of aliphatic carboxylic acids is 1. The molecule has 0 fully saturated rings. The van der Waals surface area contributed by atoms with Crippen molar-refractivity contribution in [2.24, 2.45) is 0 Å². The Kier molecular flexibility index (Phi) is 6.70. The Balaban J connectivity index is 2.10. The van der Waals surface area contributed by atoms with Crippen LogP contribution in [0.4, 0.5) is 11.4 Å². The molecule has 1 amide bonds. The van der Waals surface area contributed by atoms with Crippen molar-refractivity contribution in [2.45, 2.75) is 33.6 Å². The summed E-state index contributed by atoms with van der Waals surface area (Å²) in [5.41, 5.74) is 2.26. The molecule has 8 heteroatoms. The first-order chi connectivity index (χ1) is 13.2. The van der Waals surface area contributed by atoms with E-state index in [1.807, 2.05) is 0 Å². The lowest BCUT2D eigenvalue weighted by Crippen LogP contribution is -2.16. The van der Waals surface area contributed by atoms with Gasteiger partial charge in [-0.2, -0.15) is 0 Å². The number of carbonyl (C=O) groups is 2. The van der Waals surface area contributed by atoms with Gasteiger partial charge in [0.1, 0.15) is 5.75 Å². The molecule has 0 heterocycles. The highest BCUT2D eigenvalue weighted by Crippen LogP contribution is 2.29. The maximum Gasteiger partial charge on any atom is 0.303 e. The Morgan fingerprint density at radius 1 is 1.14 bits per heavy atom. The van der Waals surface area contributed by atoms with Crippen LogP contribution in [0.2, 0.25) is 0 Å². The number of aryl methyl sites for hydroxylation is 2. The fourth-order valence-electron chi connectivity index (χ4n) is 3.05. The second kappa shape index (κ2) is 8.98. The third-order valence-corrected chi connectivity index (χ3v) is 4.26. The maximum atomic E-state index is 12.7. The molecule has 0 atom stereocenters. The summed E-state index contributed by atoms with van der Waals surface area (Å²) in [4.78, 5) is 34.0. The zero-order valence-corrected chi connectivity index (χ0v) is 15.9. The van der Waals surface area contributed by atoms with Crippen LogP contribution in [-0.4, -0.2) is 28.5 Å². The van der Waals surface area contributed by atoms with E-state index in [-0.39, 0.29) is 24.3 Å². The molecule has 0 saturated heterocycles. The van der Waals surface area contributed by atoms with Gasteiger partial charge in [0.2, 0.25) is 0 Å². The number of nitro groups is 1. The molecule has 28 heavy (non-hydrogen) atoms. The van der Waals surface area contributed by atoms with E-state index in [9.17, 15) is 19.7 Å². The van der Waals surface area contributed by atoms with E-state index < -0.39 is 16.8 Å². The first-order valence-corrected chi connectivity index (χ1v) is 8.72. The summed E-state index contributed by atoms with van der Waals surface area (Å²) in [5, 5.41) is 22.6. The minimum atomic E-state index is -0.872. The smallest absolute Gasteiger partial charge is 0.303 e. The summed E-state index contributed by atoms with van der Waals surface area (Å²) in [7, 11) is 0. The third-order valence-electron chi connectivity index (χ3n) is 4.26. The molecule has 0 unspecified atom stereocenters. The van der Waals surface area contributed by atoms with Crippen molar-refractivity contribution >= 4 is 23.3 Å². The van der Waals surface area contributed by atoms with Crippen molar-refractivity contribution < 1.29 is 24.4 Å². The largest absolute Gasteiger partial charge is 0.494 e. The molecular weight excluding hydrogens is 364 g/mol. The van der Waals surface area contributed by atoms with Crippen LogP contribution in [-0.2, 0) is 4.79 Å². The summed E-state index contributed by atoms with van der Waals surface area (Å²) in [6.07, 6.45) is 0.439. The Morgan fingerprint density at radius 2 is 1.79 bits per heavy atom. The van der Waals surface area contributed by atoms with Gasteiger partial charge >= 0.3 is 5.97 Å². The minimum Gasteiger partial charge on any atom is -0.494 e. The van der Waals surface area contributed by atoms with E-state index in [1.165, 1.54) is 0 Å². The number of benzene rings is 2. The van der Waals surface area contributed by atoms with Crippen LogP contribution in [0.25, 0.3) is 0 Å². The molecule has 2 aromatic carbocycles. The van der Waals surface area contributed by atoms with Gasteiger partial charge in [0.05, 0.1) is 17.1 Å². The molecule has 2 aromatic rings. The Morgan fingerprint density at radius 3 is 2.36 bits per heavy atom.